The van der Waals surface area contributed by atoms with Gasteiger partial charge in [-0.25, -0.2) is 13.1 Å². The first-order chi connectivity index (χ1) is 11.0. The predicted octanol–water partition coefficient (Wildman–Crippen LogP) is 5.11. The van der Waals surface area contributed by atoms with Crippen LogP contribution >= 0.6 is 0 Å². The Labute approximate surface area is 142 Å². The Morgan fingerprint density at radius 3 is 1.96 bits per heavy atom. The van der Waals surface area contributed by atoms with Crippen LogP contribution in [0.2, 0.25) is 0 Å². The Hall–Kier alpha value is -0.870. The van der Waals surface area contributed by atoms with Crippen LogP contribution in [0.4, 0.5) is 0 Å². The van der Waals surface area contributed by atoms with E-state index in [0.29, 0.717) is 11.4 Å². The van der Waals surface area contributed by atoms with E-state index in [1.807, 2.05) is 19.9 Å². The summed E-state index contributed by atoms with van der Waals surface area (Å²) in [7, 11) is -3.36. The molecule has 1 N–H and O–H groups in total. The minimum Gasteiger partial charge on any atom is -0.211 e. The van der Waals surface area contributed by atoms with E-state index in [1.165, 1.54) is 44.9 Å². The zero-order chi connectivity index (χ0) is 17.1. The summed E-state index contributed by atoms with van der Waals surface area (Å²) in [6.07, 6.45) is 11.1. The van der Waals surface area contributed by atoms with Crippen molar-refractivity contribution in [3.63, 3.8) is 0 Å². The third kappa shape index (κ3) is 7.98. The standard InChI is InChI=1S/C19H33NO2S/c1-4-5-6-7-8-9-10-11-12-15-20-23(21,22)19-14-13-17(2)18(3)16-19/h13-14,16,20H,4-12,15H2,1-3H3. The molecular formula is C19H33NO2S. The summed E-state index contributed by atoms with van der Waals surface area (Å²) in [6.45, 7) is 6.69. The van der Waals surface area contributed by atoms with Crippen LogP contribution in [0.15, 0.2) is 23.1 Å². The monoisotopic (exact) mass is 339 g/mol. The van der Waals surface area contributed by atoms with Crippen LogP contribution < -0.4 is 4.72 Å². The van der Waals surface area contributed by atoms with E-state index in [-0.39, 0.29) is 0 Å². The number of sulfonamides is 1. The van der Waals surface area contributed by atoms with Crippen molar-refractivity contribution in [2.75, 3.05) is 6.54 Å². The molecule has 0 aliphatic carbocycles. The summed E-state index contributed by atoms with van der Waals surface area (Å²) in [5.41, 5.74) is 2.12. The van der Waals surface area contributed by atoms with Gasteiger partial charge in [0.1, 0.15) is 0 Å². The quantitative estimate of drug-likeness (QED) is 0.538. The second kappa shape index (κ2) is 10.8. The van der Waals surface area contributed by atoms with E-state index < -0.39 is 10.0 Å². The van der Waals surface area contributed by atoms with Gasteiger partial charge < -0.3 is 0 Å². The SMILES string of the molecule is CCCCCCCCCCCNS(=O)(=O)c1ccc(C)c(C)c1. The maximum absolute atomic E-state index is 12.2. The van der Waals surface area contributed by atoms with Gasteiger partial charge in [0.05, 0.1) is 4.90 Å². The average molecular weight is 340 g/mol. The van der Waals surface area contributed by atoms with E-state index >= 15 is 0 Å². The lowest BCUT2D eigenvalue weighted by molar-refractivity contribution is 0.554. The third-order valence-corrected chi connectivity index (χ3v) is 5.82. The Balaban J connectivity index is 2.18. The summed E-state index contributed by atoms with van der Waals surface area (Å²) in [6, 6.07) is 5.29. The molecule has 23 heavy (non-hydrogen) atoms. The zero-order valence-corrected chi connectivity index (χ0v) is 15.8. The fourth-order valence-corrected chi connectivity index (χ4v) is 3.77. The highest BCUT2D eigenvalue weighted by atomic mass is 32.2. The normalized spacial score (nSPS) is 11.8. The van der Waals surface area contributed by atoms with Gasteiger partial charge in [-0.2, -0.15) is 0 Å². The first kappa shape index (κ1) is 20.2. The Kier molecular flexibility index (Phi) is 9.49. The number of hydrogen-bond acceptors (Lipinski definition) is 2. The van der Waals surface area contributed by atoms with Gasteiger partial charge in [0.25, 0.3) is 0 Å². The van der Waals surface area contributed by atoms with Crippen molar-refractivity contribution < 1.29 is 8.42 Å². The van der Waals surface area contributed by atoms with Crippen LogP contribution in [0.5, 0.6) is 0 Å². The van der Waals surface area contributed by atoms with Gasteiger partial charge >= 0.3 is 0 Å². The molecule has 0 bridgehead atoms. The van der Waals surface area contributed by atoms with Crippen LogP contribution in [-0.4, -0.2) is 15.0 Å². The van der Waals surface area contributed by atoms with Gasteiger partial charge in [0, 0.05) is 6.54 Å². The van der Waals surface area contributed by atoms with Crippen molar-refractivity contribution in [2.45, 2.75) is 83.5 Å². The maximum Gasteiger partial charge on any atom is 0.240 e. The zero-order valence-electron chi connectivity index (χ0n) is 15.0. The van der Waals surface area contributed by atoms with Crippen LogP contribution in [0.1, 0.15) is 75.8 Å². The smallest absolute Gasteiger partial charge is 0.211 e. The van der Waals surface area contributed by atoms with Gasteiger partial charge in [0.2, 0.25) is 10.0 Å². The van der Waals surface area contributed by atoms with E-state index in [4.69, 9.17) is 0 Å². The van der Waals surface area contributed by atoms with Gasteiger partial charge in [-0.1, -0.05) is 64.4 Å². The Bertz CT molecular complexity index is 552. The number of unbranched alkanes of at least 4 members (excludes halogenated alkanes) is 8. The summed E-state index contributed by atoms with van der Waals surface area (Å²) < 4.78 is 27.2. The lowest BCUT2D eigenvalue weighted by Gasteiger charge is -2.08. The molecule has 4 heteroatoms. The van der Waals surface area contributed by atoms with Crippen LogP contribution in [0.3, 0.4) is 0 Å². The molecule has 0 fully saturated rings. The summed E-state index contributed by atoms with van der Waals surface area (Å²) >= 11 is 0. The third-order valence-electron chi connectivity index (χ3n) is 4.36. The molecule has 1 rings (SSSR count). The van der Waals surface area contributed by atoms with Crippen molar-refractivity contribution in [2.24, 2.45) is 0 Å². The lowest BCUT2D eigenvalue weighted by atomic mass is 10.1. The predicted molar refractivity (Wildman–Crippen MR) is 98.3 cm³/mol. The topological polar surface area (TPSA) is 46.2 Å². The molecule has 0 aromatic heterocycles. The van der Waals surface area contributed by atoms with Crippen molar-refractivity contribution >= 4 is 10.0 Å². The minimum atomic E-state index is -3.36. The molecule has 0 saturated carbocycles. The molecule has 1 aromatic carbocycles. The molecule has 1 aromatic rings. The maximum atomic E-state index is 12.2. The van der Waals surface area contributed by atoms with Crippen LogP contribution in [0, 0.1) is 13.8 Å². The molecular weight excluding hydrogens is 306 g/mol. The largest absolute Gasteiger partial charge is 0.240 e. The van der Waals surface area contributed by atoms with E-state index in [1.54, 1.807) is 12.1 Å². The highest BCUT2D eigenvalue weighted by Crippen LogP contribution is 2.15. The molecule has 0 saturated heterocycles. The van der Waals surface area contributed by atoms with Gasteiger partial charge in [-0.05, 0) is 43.5 Å². The Morgan fingerprint density at radius 2 is 1.39 bits per heavy atom. The fourth-order valence-electron chi connectivity index (χ4n) is 2.61. The van der Waals surface area contributed by atoms with E-state index in [0.717, 1.165) is 24.0 Å². The summed E-state index contributed by atoms with van der Waals surface area (Å²) in [4.78, 5) is 0.372. The Morgan fingerprint density at radius 1 is 0.826 bits per heavy atom. The summed E-state index contributed by atoms with van der Waals surface area (Å²) in [5, 5.41) is 0. The van der Waals surface area contributed by atoms with Crippen molar-refractivity contribution in [3.05, 3.63) is 29.3 Å². The number of nitrogens with one attached hydrogen (secondary N) is 1. The molecule has 0 heterocycles. The lowest BCUT2D eigenvalue weighted by Crippen LogP contribution is -2.24. The van der Waals surface area contributed by atoms with Crippen molar-refractivity contribution in [1.82, 2.24) is 4.72 Å². The molecule has 0 spiro atoms. The fraction of sp³-hybridized carbons (Fsp3) is 0.684. The highest BCUT2D eigenvalue weighted by Gasteiger charge is 2.13. The average Bonchev–Trinajstić information content (AvgIpc) is 2.51. The summed E-state index contributed by atoms with van der Waals surface area (Å²) in [5.74, 6) is 0. The van der Waals surface area contributed by atoms with Crippen LogP contribution in [0.25, 0.3) is 0 Å². The van der Waals surface area contributed by atoms with Crippen LogP contribution in [-0.2, 0) is 10.0 Å². The molecule has 0 radical (unpaired) electrons. The number of aryl methyl sites for hydroxylation is 2. The molecule has 132 valence electrons. The van der Waals surface area contributed by atoms with Gasteiger partial charge in [-0.15, -0.1) is 0 Å². The molecule has 0 aliphatic heterocycles. The number of hydrogen-bond donors (Lipinski definition) is 1. The molecule has 0 amide bonds. The van der Waals surface area contributed by atoms with E-state index in [2.05, 4.69) is 11.6 Å². The molecule has 0 aliphatic rings. The number of benzene rings is 1. The van der Waals surface area contributed by atoms with Gasteiger partial charge in [-0.3, -0.25) is 0 Å². The molecule has 0 atom stereocenters. The van der Waals surface area contributed by atoms with Gasteiger partial charge in [0.15, 0.2) is 0 Å². The minimum absolute atomic E-state index is 0.372. The second-order valence-corrected chi connectivity index (χ2v) is 8.24. The van der Waals surface area contributed by atoms with Crippen molar-refractivity contribution in [3.8, 4) is 0 Å². The first-order valence-corrected chi connectivity index (χ1v) is 10.5. The van der Waals surface area contributed by atoms with Crippen molar-refractivity contribution in [1.29, 1.82) is 0 Å². The molecule has 0 unspecified atom stereocenters. The highest BCUT2D eigenvalue weighted by molar-refractivity contribution is 7.89. The number of rotatable bonds is 12. The molecule has 3 nitrogen and oxygen atoms in total. The van der Waals surface area contributed by atoms with E-state index in [9.17, 15) is 8.42 Å². The first-order valence-electron chi connectivity index (χ1n) is 9.04. The second-order valence-electron chi connectivity index (χ2n) is 6.47.